The first kappa shape index (κ1) is 16.3. The molecule has 20 heavy (non-hydrogen) atoms. The van der Waals surface area contributed by atoms with Crippen LogP contribution in [0.3, 0.4) is 0 Å². The molecule has 1 aliphatic carbocycles. The molecule has 0 spiro atoms. The second kappa shape index (κ2) is 7.77. The van der Waals surface area contributed by atoms with Crippen LogP contribution in [-0.4, -0.2) is 49.8 Å². The van der Waals surface area contributed by atoms with Crippen molar-refractivity contribution in [1.82, 2.24) is 10.2 Å². The summed E-state index contributed by atoms with van der Waals surface area (Å²) in [5.41, 5.74) is 0. The van der Waals surface area contributed by atoms with E-state index < -0.39 is 0 Å². The Morgan fingerprint density at radius 3 is 2.65 bits per heavy atom. The predicted octanol–water partition coefficient (Wildman–Crippen LogP) is 2.90. The van der Waals surface area contributed by atoms with Gasteiger partial charge in [-0.3, -0.25) is 0 Å². The maximum Gasteiger partial charge on any atom is 0.0702 e. The smallest absolute Gasteiger partial charge is 0.0702 e. The van der Waals surface area contributed by atoms with Crippen molar-refractivity contribution in [2.75, 3.05) is 26.7 Å². The van der Waals surface area contributed by atoms with Gasteiger partial charge in [0.1, 0.15) is 0 Å². The summed E-state index contributed by atoms with van der Waals surface area (Å²) < 4.78 is 5.73. The third-order valence-corrected chi connectivity index (χ3v) is 5.33. The van der Waals surface area contributed by atoms with Crippen molar-refractivity contribution in [2.45, 2.75) is 71.1 Å². The van der Waals surface area contributed by atoms with Crippen LogP contribution in [0.15, 0.2) is 0 Å². The lowest BCUT2D eigenvalue weighted by atomic mass is 9.78. The number of hydrogen-bond donors (Lipinski definition) is 1. The molecule has 3 nitrogen and oxygen atoms in total. The molecule has 0 aromatic heterocycles. The number of rotatable bonds is 6. The highest BCUT2D eigenvalue weighted by atomic mass is 16.5. The number of nitrogens with one attached hydrogen (secondary N) is 1. The number of nitrogens with zero attached hydrogens (tertiary/aromatic N) is 1. The van der Waals surface area contributed by atoms with E-state index in [0.29, 0.717) is 12.1 Å². The minimum atomic E-state index is 0.406. The Bertz CT molecular complexity index is 282. The van der Waals surface area contributed by atoms with Crippen molar-refractivity contribution in [1.29, 1.82) is 0 Å². The van der Waals surface area contributed by atoms with Gasteiger partial charge in [-0.1, -0.05) is 13.8 Å². The molecule has 0 aromatic carbocycles. The first-order chi connectivity index (χ1) is 9.61. The highest BCUT2D eigenvalue weighted by Crippen LogP contribution is 2.31. The number of likely N-dealkylation sites (N-methyl/N-ethyl adjacent to an activating group) is 1. The zero-order valence-electron chi connectivity index (χ0n) is 13.9. The first-order valence-corrected chi connectivity index (χ1v) is 8.67. The fourth-order valence-corrected chi connectivity index (χ4v) is 4.10. The van der Waals surface area contributed by atoms with Crippen molar-refractivity contribution < 1.29 is 4.74 Å². The Hall–Kier alpha value is -0.120. The molecule has 2 rings (SSSR count). The number of ether oxygens (including phenoxy) is 1. The summed E-state index contributed by atoms with van der Waals surface area (Å²) in [5, 5.41) is 3.79. The molecule has 2 fully saturated rings. The highest BCUT2D eigenvalue weighted by molar-refractivity contribution is 4.88. The molecule has 0 bridgehead atoms. The van der Waals surface area contributed by atoms with Crippen molar-refractivity contribution >= 4 is 0 Å². The molecule has 1 saturated heterocycles. The van der Waals surface area contributed by atoms with Gasteiger partial charge in [-0.25, -0.2) is 0 Å². The molecule has 3 heteroatoms. The highest BCUT2D eigenvalue weighted by Gasteiger charge is 2.33. The maximum absolute atomic E-state index is 5.73. The van der Waals surface area contributed by atoms with Crippen LogP contribution in [0, 0.1) is 11.8 Å². The van der Waals surface area contributed by atoms with Gasteiger partial charge in [-0.2, -0.15) is 0 Å². The average Bonchev–Trinajstić information content (AvgIpc) is 2.84. The lowest BCUT2D eigenvalue weighted by molar-refractivity contribution is 0.0678. The second-order valence-electron chi connectivity index (χ2n) is 7.11. The summed E-state index contributed by atoms with van der Waals surface area (Å²) in [6.07, 6.45) is 6.98. The topological polar surface area (TPSA) is 24.5 Å². The predicted molar refractivity (Wildman–Crippen MR) is 85.0 cm³/mol. The SMILES string of the molecule is CCCNC1CCC(C)CC1CN(C)C1CCOC1C. The van der Waals surface area contributed by atoms with Gasteiger partial charge in [0.05, 0.1) is 6.10 Å². The maximum atomic E-state index is 5.73. The van der Waals surface area contributed by atoms with E-state index in [-0.39, 0.29) is 0 Å². The molecule has 0 radical (unpaired) electrons. The first-order valence-electron chi connectivity index (χ1n) is 8.67. The van der Waals surface area contributed by atoms with Crippen LogP contribution >= 0.6 is 0 Å². The monoisotopic (exact) mass is 282 g/mol. The van der Waals surface area contributed by atoms with Gasteiger partial charge in [0.2, 0.25) is 0 Å². The minimum absolute atomic E-state index is 0.406. The molecule has 0 aromatic rings. The van der Waals surface area contributed by atoms with Crippen molar-refractivity contribution in [3.8, 4) is 0 Å². The third-order valence-electron chi connectivity index (χ3n) is 5.33. The molecule has 5 unspecified atom stereocenters. The van der Waals surface area contributed by atoms with Crippen molar-refractivity contribution in [3.63, 3.8) is 0 Å². The van der Waals surface area contributed by atoms with E-state index in [1.54, 1.807) is 0 Å². The van der Waals surface area contributed by atoms with E-state index >= 15 is 0 Å². The Kier molecular flexibility index (Phi) is 6.31. The lowest BCUT2D eigenvalue weighted by Gasteiger charge is -2.39. The van der Waals surface area contributed by atoms with E-state index in [2.05, 4.69) is 38.0 Å². The molecular formula is C17H34N2O. The third kappa shape index (κ3) is 4.19. The van der Waals surface area contributed by atoms with E-state index in [1.165, 1.54) is 45.2 Å². The molecule has 1 heterocycles. The van der Waals surface area contributed by atoms with Gasteiger partial charge in [0, 0.05) is 25.2 Å². The van der Waals surface area contributed by atoms with Crippen molar-refractivity contribution in [3.05, 3.63) is 0 Å². The zero-order valence-corrected chi connectivity index (χ0v) is 13.9. The standard InChI is InChI=1S/C17H34N2O/c1-5-9-18-16-7-6-13(2)11-15(16)12-19(4)17-8-10-20-14(17)3/h13-18H,5-12H2,1-4H3. The minimum Gasteiger partial charge on any atom is -0.377 e. The van der Waals surface area contributed by atoms with Crippen LogP contribution in [0.2, 0.25) is 0 Å². The molecule has 5 atom stereocenters. The van der Waals surface area contributed by atoms with Crippen LogP contribution < -0.4 is 5.32 Å². The average molecular weight is 282 g/mol. The van der Waals surface area contributed by atoms with Gasteiger partial charge in [0.25, 0.3) is 0 Å². The van der Waals surface area contributed by atoms with Gasteiger partial charge >= 0.3 is 0 Å². The summed E-state index contributed by atoms with van der Waals surface area (Å²) in [4.78, 5) is 2.57. The molecule has 1 aliphatic heterocycles. The van der Waals surface area contributed by atoms with Gasteiger partial charge in [0.15, 0.2) is 0 Å². The lowest BCUT2D eigenvalue weighted by Crippen LogP contribution is -2.48. The van der Waals surface area contributed by atoms with Gasteiger partial charge in [-0.05, 0) is 64.5 Å². The van der Waals surface area contributed by atoms with E-state index in [1.807, 2.05) is 0 Å². The van der Waals surface area contributed by atoms with Crippen molar-refractivity contribution in [2.24, 2.45) is 11.8 Å². The van der Waals surface area contributed by atoms with Gasteiger partial charge < -0.3 is 15.0 Å². The quantitative estimate of drug-likeness (QED) is 0.811. The Morgan fingerprint density at radius 2 is 2.00 bits per heavy atom. The zero-order chi connectivity index (χ0) is 14.5. The Balaban J connectivity index is 1.88. The largest absolute Gasteiger partial charge is 0.377 e. The summed E-state index contributed by atoms with van der Waals surface area (Å²) in [5.74, 6) is 1.70. The molecule has 1 N–H and O–H groups in total. The summed E-state index contributed by atoms with van der Waals surface area (Å²) >= 11 is 0. The van der Waals surface area contributed by atoms with Gasteiger partial charge in [-0.15, -0.1) is 0 Å². The Morgan fingerprint density at radius 1 is 1.20 bits per heavy atom. The number of hydrogen-bond acceptors (Lipinski definition) is 3. The van der Waals surface area contributed by atoms with Crippen LogP contribution in [0.4, 0.5) is 0 Å². The molecule has 2 aliphatic rings. The summed E-state index contributed by atoms with van der Waals surface area (Å²) in [6, 6.07) is 1.35. The fourth-order valence-electron chi connectivity index (χ4n) is 4.10. The Labute approximate surface area is 125 Å². The van der Waals surface area contributed by atoms with E-state index in [0.717, 1.165) is 24.5 Å². The molecule has 118 valence electrons. The van der Waals surface area contributed by atoms with E-state index in [9.17, 15) is 0 Å². The summed E-state index contributed by atoms with van der Waals surface area (Å²) in [6.45, 7) is 10.2. The van der Waals surface area contributed by atoms with Crippen LogP contribution in [0.5, 0.6) is 0 Å². The molecular weight excluding hydrogens is 248 g/mol. The normalized spacial score (nSPS) is 38.5. The second-order valence-corrected chi connectivity index (χ2v) is 7.11. The van der Waals surface area contributed by atoms with E-state index in [4.69, 9.17) is 4.74 Å². The fraction of sp³-hybridized carbons (Fsp3) is 1.00. The van der Waals surface area contributed by atoms with Crippen LogP contribution in [-0.2, 0) is 4.74 Å². The van der Waals surface area contributed by atoms with Crippen LogP contribution in [0.1, 0.15) is 52.9 Å². The molecule has 1 saturated carbocycles. The summed E-state index contributed by atoms with van der Waals surface area (Å²) in [7, 11) is 2.30. The van der Waals surface area contributed by atoms with Crippen LogP contribution in [0.25, 0.3) is 0 Å². The molecule has 0 amide bonds.